The number of aromatic amines is 1. The molecule has 2 aromatic heterocycles. The number of benzene rings is 1. The molecule has 0 spiro atoms. The highest BCUT2D eigenvalue weighted by atomic mass is 16.2. The molecule has 22 heavy (non-hydrogen) atoms. The highest BCUT2D eigenvalue weighted by molar-refractivity contribution is 5.91. The second kappa shape index (κ2) is 5.57. The molecule has 3 rings (SSSR count). The van der Waals surface area contributed by atoms with Gasteiger partial charge >= 0.3 is 6.03 Å². The molecule has 0 radical (unpaired) electrons. The van der Waals surface area contributed by atoms with Crippen LogP contribution in [-0.4, -0.2) is 16.0 Å². The molecule has 0 atom stereocenters. The molecule has 5 N–H and O–H groups in total. The van der Waals surface area contributed by atoms with E-state index in [2.05, 4.69) is 20.6 Å². The van der Waals surface area contributed by atoms with Crippen LogP contribution in [0.5, 0.6) is 0 Å². The van der Waals surface area contributed by atoms with Gasteiger partial charge in [0.05, 0.1) is 11.9 Å². The molecule has 0 fully saturated rings. The van der Waals surface area contributed by atoms with Gasteiger partial charge in [-0.3, -0.25) is 4.79 Å². The summed E-state index contributed by atoms with van der Waals surface area (Å²) in [6.07, 6.45) is 1.42. The number of carbonyl (C=O) groups is 1. The van der Waals surface area contributed by atoms with Crippen LogP contribution in [-0.2, 0) is 0 Å². The van der Waals surface area contributed by atoms with Crippen molar-refractivity contribution in [1.29, 1.82) is 0 Å². The van der Waals surface area contributed by atoms with Crippen molar-refractivity contribution in [2.24, 2.45) is 5.73 Å². The first kappa shape index (κ1) is 13.6. The van der Waals surface area contributed by atoms with E-state index >= 15 is 0 Å². The molecular formula is C15H13N5O2. The van der Waals surface area contributed by atoms with E-state index in [9.17, 15) is 9.59 Å². The number of carbonyl (C=O) groups excluding carboxylic acids is 1. The molecule has 2 amide bonds. The lowest BCUT2D eigenvalue weighted by atomic mass is 10.2. The van der Waals surface area contributed by atoms with E-state index < -0.39 is 6.03 Å². The number of anilines is 3. The van der Waals surface area contributed by atoms with Crippen molar-refractivity contribution in [3.8, 4) is 0 Å². The summed E-state index contributed by atoms with van der Waals surface area (Å²) in [5.41, 5.74) is 6.87. The molecule has 0 bridgehead atoms. The van der Waals surface area contributed by atoms with Crippen LogP contribution in [0.15, 0.2) is 53.5 Å². The number of rotatable bonds is 3. The molecule has 3 aromatic rings. The number of nitrogens with two attached hydrogens (primary N) is 1. The zero-order valence-electron chi connectivity index (χ0n) is 11.5. The van der Waals surface area contributed by atoms with Crippen LogP contribution in [0.4, 0.5) is 21.9 Å². The Balaban J connectivity index is 2.01. The van der Waals surface area contributed by atoms with Gasteiger partial charge in [0.15, 0.2) is 0 Å². The quantitative estimate of drug-likeness (QED) is 0.593. The summed E-state index contributed by atoms with van der Waals surface area (Å²) in [5.74, 6) is 0. The number of urea groups is 1. The smallest absolute Gasteiger partial charge is 0.316 e. The fourth-order valence-electron chi connectivity index (χ4n) is 2.07. The lowest BCUT2D eigenvalue weighted by molar-refractivity contribution is 0.259. The molecular weight excluding hydrogens is 282 g/mol. The first-order valence-corrected chi connectivity index (χ1v) is 6.53. The second-order valence-electron chi connectivity index (χ2n) is 4.65. The molecule has 0 aliphatic heterocycles. The topological polar surface area (TPSA) is 113 Å². The fourth-order valence-corrected chi connectivity index (χ4v) is 2.07. The molecule has 0 saturated carbocycles. The third-order valence-electron chi connectivity index (χ3n) is 3.01. The monoisotopic (exact) mass is 295 g/mol. The van der Waals surface area contributed by atoms with Gasteiger partial charge in [0.2, 0.25) is 0 Å². The first-order valence-electron chi connectivity index (χ1n) is 6.53. The van der Waals surface area contributed by atoms with Gasteiger partial charge < -0.3 is 21.4 Å². The number of aromatic nitrogens is 2. The predicted octanol–water partition coefficient (Wildman–Crippen LogP) is 2.16. The summed E-state index contributed by atoms with van der Waals surface area (Å²) in [4.78, 5) is 29.7. The average molecular weight is 295 g/mol. The van der Waals surface area contributed by atoms with Gasteiger partial charge in [0, 0.05) is 11.1 Å². The average Bonchev–Trinajstić information content (AvgIpc) is 2.49. The van der Waals surface area contributed by atoms with Crippen molar-refractivity contribution in [1.82, 2.24) is 9.97 Å². The number of nitrogens with one attached hydrogen (secondary N) is 3. The molecule has 0 aliphatic carbocycles. The van der Waals surface area contributed by atoms with Crippen molar-refractivity contribution in [3.05, 3.63) is 59.0 Å². The fraction of sp³-hybridized carbons (Fsp3) is 0. The van der Waals surface area contributed by atoms with Gasteiger partial charge in [-0.15, -0.1) is 0 Å². The van der Waals surface area contributed by atoms with Gasteiger partial charge in [-0.25, -0.2) is 9.78 Å². The molecule has 110 valence electrons. The largest absolute Gasteiger partial charge is 0.351 e. The Morgan fingerprint density at radius 3 is 2.64 bits per heavy atom. The Labute approximate surface area is 125 Å². The predicted molar refractivity (Wildman–Crippen MR) is 85.3 cm³/mol. The van der Waals surface area contributed by atoms with E-state index in [1.165, 1.54) is 6.20 Å². The van der Waals surface area contributed by atoms with Crippen molar-refractivity contribution in [2.75, 3.05) is 10.6 Å². The maximum atomic E-state index is 12.1. The van der Waals surface area contributed by atoms with Gasteiger partial charge in [0.1, 0.15) is 11.3 Å². The molecule has 7 heteroatoms. The van der Waals surface area contributed by atoms with E-state index in [4.69, 9.17) is 5.73 Å². The third-order valence-corrected chi connectivity index (χ3v) is 3.01. The number of para-hydroxylation sites is 1. The summed E-state index contributed by atoms with van der Waals surface area (Å²) in [6, 6.07) is 12.0. The Kier molecular flexibility index (Phi) is 3.45. The van der Waals surface area contributed by atoms with Crippen LogP contribution >= 0.6 is 0 Å². The van der Waals surface area contributed by atoms with Crippen molar-refractivity contribution >= 4 is 34.1 Å². The Morgan fingerprint density at radius 2 is 1.91 bits per heavy atom. The normalized spacial score (nSPS) is 10.4. The maximum Gasteiger partial charge on any atom is 0.316 e. The number of fused-ring (bicyclic) bond motifs is 1. The van der Waals surface area contributed by atoms with Gasteiger partial charge in [-0.1, -0.05) is 18.2 Å². The lowest BCUT2D eigenvalue weighted by Gasteiger charge is -2.07. The minimum atomic E-state index is -0.673. The van der Waals surface area contributed by atoms with Gasteiger partial charge in [-0.05, 0) is 24.3 Å². The van der Waals surface area contributed by atoms with Gasteiger partial charge in [0.25, 0.3) is 5.56 Å². The van der Waals surface area contributed by atoms with Crippen LogP contribution < -0.4 is 21.9 Å². The highest BCUT2D eigenvalue weighted by Gasteiger charge is 2.06. The molecule has 0 unspecified atom stereocenters. The molecule has 0 saturated heterocycles. The number of H-pyrrole nitrogens is 1. The molecule has 2 heterocycles. The Morgan fingerprint density at radius 1 is 1.14 bits per heavy atom. The summed E-state index contributed by atoms with van der Waals surface area (Å²) < 4.78 is 0. The van der Waals surface area contributed by atoms with Crippen LogP contribution in [0.2, 0.25) is 0 Å². The number of pyridine rings is 2. The van der Waals surface area contributed by atoms with Crippen molar-refractivity contribution < 1.29 is 4.79 Å². The Bertz CT molecular complexity index is 889. The third kappa shape index (κ3) is 2.88. The van der Waals surface area contributed by atoms with E-state index in [0.717, 1.165) is 5.69 Å². The van der Waals surface area contributed by atoms with Crippen LogP contribution in [0.1, 0.15) is 0 Å². The SMILES string of the molecule is NC(=O)Nc1cnc2[nH]c(=O)c(Nc3ccccc3)cc2c1. The highest BCUT2D eigenvalue weighted by Crippen LogP contribution is 2.18. The maximum absolute atomic E-state index is 12.1. The van der Waals surface area contributed by atoms with E-state index in [1.54, 1.807) is 12.1 Å². The number of amides is 2. The molecule has 0 aliphatic rings. The van der Waals surface area contributed by atoms with E-state index in [0.29, 0.717) is 22.4 Å². The zero-order valence-corrected chi connectivity index (χ0v) is 11.5. The van der Waals surface area contributed by atoms with Crippen LogP contribution in [0.25, 0.3) is 11.0 Å². The standard InChI is InChI=1S/C15H13N5O2/c16-15(22)19-11-6-9-7-12(14(21)20-13(9)17-8-11)18-10-4-2-1-3-5-10/h1-8,18H,(H3,16,19,22)(H,17,20,21). The van der Waals surface area contributed by atoms with Crippen molar-refractivity contribution in [3.63, 3.8) is 0 Å². The first-order chi connectivity index (χ1) is 10.6. The van der Waals surface area contributed by atoms with Crippen molar-refractivity contribution in [2.45, 2.75) is 0 Å². The summed E-state index contributed by atoms with van der Waals surface area (Å²) in [6.45, 7) is 0. The summed E-state index contributed by atoms with van der Waals surface area (Å²) in [5, 5.41) is 6.16. The van der Waals surface area contributed by atoms with Crippen LogP contribution in [0, 0.1) is 0 Å². The summed E-state index contributed by atoms with van der Waals surface area (Å²) in [7, 11) is 0. The lowest BCUT2D eigenvalue weighted by Crippen LogP contribution is -2.19. The number of primary amides is 1. The zero-order chi connectivity index (χ0) is 15.5. The Hall–Kier alpha value is -3.35. The number of hydrogen-bond acceptors (Lipinski definition) is 4. The van der Waals surface area contributed by atoms with Gasteiger partial charge in [-0.2, -0.15) is 0 Å². The molecule has 1 aromatic carbocycles. The van der Waals surface area contributed by atoms with E-state index in [-0.39, 0.29) is 5.56 Å². The minimum absolute atomic E-state index is 0.278. The summed E-state index contributed by atoms with van der Waals surface area (Å²) >= 11 is 0. The molecule has 7 nitrogen and oxygen atoms in total. The minimum Gasteiger partial charge on any atom is -0.351 e. The number of hydrogen-bond donors (Lipinski definition) is 4. The van der Waals surface area contributed by atoms with Crippen LogP contribution in [0.3, 0.4) is 0 Å². The van der Waals surface area contributed by atoms with E-state index in [1.807, 2.05) is 30.3 Å². The number of nitrogens with zero attached hydrogens (tertiary/aromatic N) is 1. The second-order valence-corrected chi connectivity index (χ2v) is 4.65.